The Kier molecular flexibility index (Phi) is 3.85. The summed E-state index contributed by atoms with van der Waals surface area (Å²) in [5.74, 6) is 0.579. The summed E-state index contributed by atoms with van der Waals surface area (Å²) in [6.07, 6.45) is 0. The number of methoxy groups -OCH3 is 1. The third kappa shape index (κ3) is 2.81. The van der Waals surface area contributed by atoms with Gasteiger partial charge in [0.2, 0.25) is 0 Å². The van der Waals surface area contributed by atoms with Crippen molar-refractivity contribution in [1.82, 2.24) is 0 Å². The minimum Gasteiger partial charge on any atom is -0.497 e. The van der Waals surface area contributed by atoms with Gasteiger partial charge in [-0.15, -0.1) is 0 Å². The van der Waals surface area contributed by atoms with E-state index in [0.717, 1.165) is 0 Å². The zero-order valence-electron chi connectivity index (χ0n) is 9.72. The van der Waals surface area contributed by atoms with Crippen LogP contribution in [0, 0.1) is 0 Å². The van der Waals surface area contributed by atoms with Crippen molar-refractivity contribution in [3.63, 3.8) is 0 Å². The van der Waals surface area contributed by atoms with Gasteiger partial charge in [0, 0.05) is 0 Å². The Labute approximate surface area is 110 Å². The summed E-state index contributed by atoms with van der Waals surface area (Å²) in [5.41, 5.74) is 0.440. The first kappa shape index (κ1) is 12.5. The highest BCUT2D eigenvalue weighted by Gasteiger charge is 2.10. The molecule has 0 spiro atoms. The van der Waals surface area contributed by atoms with E-state index in [4.69, 9.17) is 21.1 Å². The smallest absolute Gasteiger partial charge is 0.343 e. The number of rotatable bonds is 3. The number of hydrogen-bond acceptors (Lipinski definition) is 3. The molecule has 0 aromatic heterocycles. The third-order valence-corrected chi connectivity index (χ3v) is 2.68. The number of para-hydroxylation sites is 1. The minimum atomic E-state index is -0.453. The van der Waals surface area contributed by atoms with Gasteiger partial charge in [0.05, 0.1) is 17.7 Å². The largest absolute Gasteiger partial charge is 0.497 e. The monoisotopic (exact) mass is 262 g/mol. The molecule has 92 valence electrons. The molecule has 0 heterocycles. The highest BCUT2D eigenvalue weighted by atomic mass is 35.5. The van der Waals surface area contributed by atoms with Crippen LogP contribution in [0.15, 0.2) is 48.5 Å². The molecule has 18 heavy (non-hydrogen) atoms. The summed E-state index contributed by atoms with van der Waals surface area (Å²) in [5, 5.41) is 0.402. The molecule has 0 aliphatic rings. The zero-order chi connectivity index (χ0) is 13.0. The van der Waals surface area contributed by atoms with Crippen molar-refractivity contribution < 1.29 is 14.3 Å². The number of carbonyl (C=O) groups excluding carboxylic acids is 1. The van der Waals surface area contributed by atoms with Crippen molar-refractivity contribution >= 4 is 17.6 Å². The zero-order valence-corrected chi connectivity index (χ0v) is 10.5. The summed E-state index contributed by atoms with van der Waals surface area (Å²) in [7, 11) is 1.57. The number of carbonyl (C=O) groups is 1. The molecule has 2 rings (SSSR count). The maximum Gasteiger partial charge on any atom is 0.343 e. The lowest BCUT2D eigenvalue weighted by atomic mass is 10.2. The summed E-state index contributed by atoms with van der Waals surface area (Å²) in [6.45, 7) is 0. The van der Waals surface area contributed by atoms with Gasteiger partial charge in [-0.2, -0.15) is 0 Å². The van der Waals surface area contributed by atoms with E-state index in [1.165, 1.54) is 0 Å². The third-order valence-electron chi connectivity index (χ3n) is 2.37. The molecular formula is C14H11ClO3. The lowest BCUT2D eigenvalue weighted by Crippen LogP contribution is -2.08. The maximum atomic E-state index is 11.8. The minimum absolute atomic E-state index is 0.347. The molecule has 0 aliphatic heterocycles. The first-order valence-electron chi connectivity index (χ1n) is 5.31. The van der Waals surface area contributed by atoms with Gasteiger partial charge in [-0.1, -0.05) is 23.7 Å². The van der Waals surface area contributed by atoms with Gasteiger partial charge in [-0.05, 0) is 36.4 Å². The second-order valence-corrected chi connectivity index (χ2v) is 3.96. The average molecular weight is 263 g/mol. The topological polar surface area (TPSA) is 35.5 Å². The Hall–Kier alpha value is -2.00. The maximum absolute atomic E-state index is 11.8. The fraction of sp³-hybridized carbons (Fsp3) is 0.0714. The van der Waals surface area contributed by atoms with E-state index in [1.54, 1.807) is 55.6 Å². The fourth-order valence-electron chi connectivity index (χ4n) is 1.41. The van der Waals surface area contributed by atoms with E-state index < -0.39 is 5.97 Å². The van der Waals surface area contributed by atoms with E-state index in [0.29, 0.717) is 22.1 Å². The molecule has 0 radical (unpaired) electrons. The summed E-state index contributed by atoms with van der Waals surface area (Å²) in [6, 6.07) is 13.5. The van der Waals surface area contributed by atoms with E-state index in [9.17, 15) is 4.79 Å². The lowest BCUT2D eigenvalue weighted by Gasteiger charge is -2.06. The van der Waals surface area contributed by atoms with E-state index in [1.807, 2.05) is 0 Å². The van der Waals surface area contributed by atoms with Gasteiger partial charge in [0.25, 0.3) is 0 Å². The lowest BCUT2D eigenvalue weighted by molar-refractivity contribution is 0.0735. The Morgan fingerprint density at radius 1 is 1.06 bits per heavy atom. The van der Waals surface area contributed by atoms with Crippen molar-refractivity contribution in [2.24, 2.45) is 0 Å². The van der Waals surface area contributed by atoms with Crippen LogP contribution in [0.4, 0.5) is 0 Å². The number of ether oxygens (including phenoxy) is 2. The first-order valence-corrected chi connectivity index (χ1v) is 5.69. The number of hydrogen-bond donors (Lipinski definition) is 0. The predicted molar refractivity (Wildman–Crippen MR) is 69.4 cm³/mol. The first-order chi connectivity index (χ1) is 8.70. The van der Waals surface area contributed by atoms with Crippen molar-refractivity contribution in [3.05, 3.63) is 59.1 Å². The van der Waals surface area contributed by atoms with Gasteiger partial charge in [-0.3, -0.25) is 0 Å². The highest BCUT2D eigenvalue weighted by molar-refractivity contribution is 6.32. The number of esters is 1. The summed E-state index contributed by atoms with van der Waals surface area (Å²) >= 11 is 5.91. The van der Waals surface area contributed by atoms with Gasteiger partial charge in [-0.25, -0.2) is 4.79 Å². The highest BCUT2D eigenvalue weighted by Crippen LogP contribution is 2.24. The van der Waals surface area contributed by atoms with Gasteiger partial charge < -0.3 is 9.47 Å². The molecule has 0 bridgehead atoms. The molecule has 2 aromatic carbocycles. The van der Waals surface area contributed by atoms with Crippen LogP contribution in [-0.2, 0) is 0 Å². The Balaban J connectivity index is 2.14. The average Bonchev–Trinajstić information content (AvgIpc) is 2.41. The van der Waals surface area contributed by atoms with Crippen LogP contribution in [0.25, 0.3) is 0 Å². The predicted octanol–water partition coefficient (Wildman–Crippen LogP) is 3.57. The standard InChI is InChI=1S/C14H11ClO3/c1-17-11-8-6-10(7-9-11)14(16)18-13-5-3-2-4-12(13)15/h2-9H,1H3. The summed E-state index contributed by atoms with van der Waals surface area (Å²) in [4.78, 5) is 11.8. The SMILES string of the molecule is COc1ccc(C(=O)Oc2ccccc2Cl)cc1. The van der Waals surface area contributed by atoms with Crippen molar-refractivity contribution in [1.29, 1.82) is 0 Å². The molecule has 0 fully saturated rings. The van der Waals surface area contributed by atoms with Crippen LogP contribution >= 0.6 is 11.6 Å². The molecule has 3 nitrogen and oxygen atoms in total. The quantitative estimate of drug-likeness (QED) is 0.627. The Bertz CT molecular complexity index is 549. The van der Waals surface area contributed by atoms with Gasteiger partial charge in [0.15, 0.2) is 0 Å². The Morgan fingerprint density at radius 2 is 1.72 bits per heavy atom. The molecule has 0 atom stereocenters. The molecule has 0 amide bonds. The molecule has 2 aromatic rings. The molecular weight excluding hydrogens is 252 g/mol. The van der Waals surface area contributed by atoms with Crippen LogP contribution in [0.1, 0.15) is 10.4 Å². The number of halogens is 1. The fourth-order valence-corrected chi connectivity index (χ4v) is 1.59. The van der Waals surface area contributed by atoms with E-state index >= 15 is 0 Å². The molecule has 0 unspecified atom stereocenters. The molecule has 0 saturated heterocycles. The van der Waals surface area contributed by atoms with Gasteiger partial charge in [0.1, 0.15) is 11.5 Å². The van der Waals surface area contributed by atoms with E-state index in [2.05, 4.69) is 0 Å². The van der Waals surface area contributed by atoms with Crippen LogP contribution in [0.5, 0.6) is 11.5 Å². The molecule has 0 N–H and O–H groups in total. The summed E-state index contributed by atoms with van der Waals surface area (Å²) < 4.78 is 10.2. The van der Waals surface area contributed by atoms with Crippen LogP contribution < -0.4 is 9.47 Å². The molecule has 0 saturated carbocycles. The van der Waals surface area contributed by atoms with Crippen LogP contribution in [0.2, 0.25) is 5.02 Å². The number of benzene rings is 2. The molecule has 0 aliphatic carbocycles. The van der Waals surface area contributed by atoms with E-state index in [-0.39, 0.29) is 0 Å². The molecule has 4 heteroatoms. The second kappa shape index (κ2) is 5.56. The second-order valence-electron chi connectivity index (χ2n) is 3.55. The van der Waals surface area contributed by atoms with Crippen molar-refractivity contribution in [3.8, 4) is 11.5 Å². The Morgan fingerprint density at radius 3 is 2.33 bits per heavy atom. The normalized spacial score (nSPS) is 9.89. The van der Waals surface area contributed by atoms with Crippen molar-refractivity contribution in [2.75, 3.05) is 7.11 Å². The van der Waals surface area contributed by atoms with Gasteiger partial charge >= 0.3 is 5.97 Å². The van der Waals surface area contributed by atoms with Crippen LogP contribution in [0.3, 0.4) is 0 Å². The van der Waals surface area contributed by atoms with Crippen LogP contribution in [-0.4, -0.2) is 13.1 Å². The van der Waals surface area contributed by atoms with Crippen molar-refractivity contribution in [2.45, 2.75) is 0 Å².